The van der Waals surface area contributed by atoms with Gasteiger partial charge in [-0.05, 0) is 56.8 Å². The lowest BCUT2D eigenvalue weighted by Gasteiger charge is -2.31. The van der Waals surface area contributed by atoms with Crippen LogP contribution in [0.3, 0.4) is 0 Å². The first-order valence-electron chi connectivity index (χ1n) is 15.5. The lowest BCUT2D eigenvalue weighted by molar-refractivity contribution is -0.146. The minimum atomic E-state index is -1.72. The maximum Gasteiger partial charge on any atom is 0.326 e. The summed E-state index contributed by atoms with van der Waals surface area (Å²) < 4.78 is 0. The van der Waals surface area contributed by atoms with Crippen LogP contribution in [0.4, 0.5) is 0 Å². The van der Waals surface area contributed by atoms with E-state index in [1.807, 2.05) is 0 Å². The largest absolute Gasteiger partial charge is 0.508 e. The number of aliphatic carboxylic acids is 2. The lowest BCUT2D eigenvalue weighted by atomic mass is 10.0. The van der Waals surface area contributed by atoms with Crippen molar-refractivity contribution in [3.63, 3.8) is 0 Å². The molecule has 48 heavy (non-hydrogen) atoms. The first-order valence-corrected chi connectivity index (χ1v) is 15.5. The zero-order valence-corrected chi connectivity index (χ0v) is 26.3. The van der Waals surface area contributed by atoms with Crippen LogP contribution in [0.15, 0.2) is 24.3 Å². The van der Waals surface area contributed by atoms with Gasteiger partial charge in [0.15, 0.2) is 0 Å². The number of likely N-dealkylation sites (tertiary alicyclic amines) is 1. The van der Waals surface area contributed by atoms with E-state index in [0.29, 0.717) is 31.4 Å². The summed E-state index contributed by atoms with van der Waals surface area (Å²) >= 11 is 0. The third-order valence-electron chi connectivity index (χ3n) is 8.08. The zero-order valence-electron chi connectivity index (χ0n) is 26.3. The van der Waals surface area contributed by atoms with Gasteiger partial charge < -0.3 is 57.0 Å². The van der Waals surface area contributed by atoms with Crippen LogP contribution in [-0.4, -0.2) is 134 Å². The van der Waals surface area contributed by atoms with Gasteiger partial charge in [-0.1, -0.05) is 12.1 Å². The molecule has 18 heteroatoms. The van der Waals surface area contributed by atoms with Gasteiger partial charge in [0.05, 0.1) is 25.2 Å². The molecule has 0 unspecified atom stereocenters. The van der Waals surface area contributed by atoms with Crippen LogP contribution < -0.4 is 26.6 Å². The first-order chi connectivity index (χ1) is 22.7. The summed E-state index contributed by atoms with van der Waals surface area (Å²) in [6.07, 6.45) is -0.778. The highest BCUT2D eigenvalue weighted by atomic mass is 16.4. The van der Waals surface area contributed by atoms with E-state index >= 15 is 0 Å². The third-order valence-corrected chi connectivity index (χ3v) is 8.08. The minimum Gasteiger partial charge on any atom is -0.508 e. The number of phenols is 1. The molecule has 1 aromatic carbocycles. The van der Waals surface area contributed by atoms with E-state index in [1.54, 1.807) is 0 Å². The highest BCUT2D eigenvalue weighted by molar-refractivity contribution is 5.97. The molecular formula is C30H42N6O12. The number of amides is 5. The number of aliphatic hydroxyl groups excluding tert-OH is 2. The summed E-state index contributed by atoms with van der Waals surface area (Å²) in [4.78, 5) is 89.7. The van der Waals surface area contributed by atoms with Crippen LogP contribution in [-0.2, 0) is 40.0 Å². The van der Waals surface area contributed by atoms with Gasteiger partial charge in [-0.15, -0.1) is 0 Å². The smallest absolute Gasteiger partial charge is 0.326 e. The Morgan fingerprint density at radius 2 is 1.52 bits per heavy atom. The molecule has 0 aliphatic carbocycles. The summed E-state index contributed by atoms with van der Waals surface area (Å²) in [6, 6.07) is -2.39. The van der Waals surface area contributed by atoms with Crippen LogP contribution in [0.1, 0.15) is 44.6 Å². The lowest BCUT2D eigenvalue weighted by Crippen LogP contribution is -2.62. The Morgan fingerprint density at radius 3 is 2.08 bits per heavy atom. The van der Waals surface area contributed by atoms with E-state index < -0.39 is 96.9 Å². The van der Waals surface area contributed by atoms with E-state index in [4.69, 9.17) is 0 Å². The number of carboxylic acids is 2. The molecule has 18 nitrogen and oxygen atoms in total. The molecule has 7 atom stereocenters. The normalized spacial score (nSPS) is 20.4. The van der Waals surface area contributed by atoms with Crippen molar-refractivity contribution in [2.45, 2.75) is 87.8 Å². The number of benzene rings is 1. The fourth-order valence-electron chi connectivity index (χ4n) is 5.49. The predicted octanol–water partition coefficient (Wildman–Crippen LogP) is -3.45. The van der Waals surface area contributed by atoms with Crippen LogP contribution in [0.25, 0.3) is 0 Å². The third kappa shape index (κ3) is 10.3. The summed E-state index contributed by atoms with van der Waals surface area (Å²) in [5.41, 5.74) is 0.518. The van der Waals surface area contributed by atoms with Gasteiger partial charge in [-0.3, -0.25) is 28.8 Å². The maximum atomic E-state index is 13.6. The van der Waals surface area contributed by atoms with Crippen LogP contribution in [0, 0.1) is 0 Å². The Bertz CT molecular complexity index is 1350. The fraction of sp³-hybridized carbons (Fsp3) is 0.567. The number of phenolic OH excluding ortho intramolecular Hbond substituents is 1. The number of carbonyl (C=O) groups excluding carboxylic acids is 5. The molecule has 0 saturated carbocycles. The van der Waals surface area contributed by atoms with Crippen LogP contribution in [0.5, 0.6) is 5.75 Å². The molecule has 5 amide bonds. The van der Waals surface area contributed by atoms with Crippen LogP contribution >= 0.6 is 0 Å². The molecule has 2 saturated heterocycles. The Morgan fingerprint density at radius 1 is 0.875 bits per heavy atom. The number of rotatable bonds is 16. The molecular weight excluding hydrogens is 636 g/mol. The van der Waals surface area contributed by atoms with Crippen molar-refractivity contribution in [1.29, 1.82) is 0 Å². The quantitative estimate of drug-likeness (QED) is 0.0815. The summed E-state index contributed by atoms with van der Waals surface area (Å²) in [6.45, 7) is 0.797. The van der Waals surface area contributed by atoms with E-state index in [9.17, 15) is 59.1 Å². The van der Waals surface area contributed by atoms with Crippen molar-refractivity contribution in [3.8, 4) is 5.75 Å². The minimum absolute atomic E-state index is 0.0228. The second-order valence-electron chi connectivity index (χ2n) is 11.7. The Labute approximate surface area is 275 Å². The van der Waals surface area contributed by atoms with Gasteiger partial charge >= 0.3 is 11.9 Å². The van der Waals surface area contributed by atoms with Gasteiger partial charge in [0.25, 0.3) is 0 Å². The van der Waals surface area contributed by atoms with E-state index in [2.05, 4.69) is 26.6 Å². The average molecular weight is 679 g/mol. The van der Waals surface area contributed by atoms with E-state index in [0.717, 1.165) is 4.90 Å². The number of carboxylic acid groups (broad SMARTS) is 2. The molecule has 2 aliphatic heterocycles. The number of nitrogens with zero attached hydrogens (tertiary/aromatic N) is 1. The SMILES string of the molecule is C[C@@H](O)[C@H](NC(=O)[C@H](CO)NC(=O)[C@H](CC(=O)O)NC(=O)[C@@H]1CCCN1)C(=O)N1CCC[C@H]1C(=O)N[C@@H](Cc1ccc(O)cc1)C(=O)O. The second kappa shape index (κ2) is 17.4. The highest BCUT2D eigenvalue weighted by Gasteiger charge is 2.41. The summed E-state index contributed by atoms with van der Waals surface area (Å²) in [5.74, 6) is -7.26. The number of aromatic hydroxyl groups is 1. The van der Waals surface area contributed by atoms with Crippen molar-refractivity contribution >= 4 is 41.5 Å². The van der Waals surface area contributed by atoms with Gasteiger partial charge in [-0.25, -0.2) is 4.79 Å². The molecule has 2 fully saturated rings. The Hall–Kier alpha value is -4.81. The van der Waals surface area contributed by atoms with Gasteiger partial charge in [0.2, 0.25) is 29.5 Å². The number of nitrogens with one attached hydrogen (secondary N) is 5. The molecule has 264 valence electrons. The molecule has 3 rings (SSSR count). The van der Waals surface area contributed by atoms with Crippen molar-refractivity contribution in [2.24, 2.45) is 0 Å². The second-order valence-corrected chi connectivity index (χ2v) is 11.7. The molecule has 2 aliphatic rings. The van der Waals surface area contributed by atoms with Crippen molar-refractivity contribution in [1.82, 2.24) is 31.5 Å². The van der Waals surface area contributed by atoms with Gasteiger partial charge in [-0.2, -0.15) is 0 Å². The molecule has 0 aromatic heterocycles. The Kier molecular flexibility index (Phi) is 13.6. The molecule has 10 N–H and O–H groups in total. The van der Waals surface area contributed by atoms with Crippen molar-refractivity contribution in [2.75, 3.05) is 19.7 Å². The number of hydrogen-bond donors (Lipinski definition) is 10. The standard InChI is InChI=1S/C30H42N6O12/c1-15(38)24(35-27(44)21(14-37)34-26(43)19(13-23(40)41)32-25(42)18-4-2-10-31-18)29(46)36-11-3-5-22(36)28(45)33-20(30(47)48)12-16-6-8-17(39)9-7-16/h6-9,15,18-22,24,31,37-39H,2-5,10-14H2,1H3,(H,32,42)(H,33,45)(H,34,43)(H,35,44)(H,40,41)(H,47,48)/t15-,18+,19+,20+,21+,22+,24+/m1/s1. The number of carbonyl (C=O) groups is 7. The maximum absolute atomic E-state index is 13.6. The molecule has 1 aromatic rings. The topological polar surface area (TPSA) is 284 Å². The predicted molar refractivity (Wildman–Crippen MR) is 164 cm³/mol. The summed E-state index contributed by atoms with van der Waals surface area (Å²) in [5, 5.41) is 60.8. The van der Waals surface area contributed by atoms with Crippen LogP contribution in [0.2, 0.25) is 0 Å². The van der Waals surface area contributed by atoms with Crippen molar-refractivity contribution < 1.29 is 59.1 Å². The van der Waals surface area contributed by atoms with Crippen molar-refractivity contribution in [3.05, 3.63) is 29.8 Å². The van der Waals surface area contributed by atoms with Gasteiger partial charge in [0.1, 0.15) is 36.0 Å². The molecule has 2 heterocycles. The molecule has 0 bridgehead atoms. The van der Waals surface area contributed by atoms with E-state index in [-0.39, 0.29) is 25.1 Å². The molecule has 0 radical (unpaired) electrons. The fourth-order valence-corrected chi connectivity index (χ4v) is 5.49. The zero-order chi connectivity index (χ0) is 35.5. The molecule has 0 spiro atoms. The average Bonchev–Trinajstić information content (AvgIpc) is 3.75. The number of aliphatic hydroxyl groups is 2. The highest BCUT2D eigenvalue weighted by Crippen LogP contribution is 2.20. The Balaban J connectivity index is 1.67. The monoisotopic (exact) mass is 678 g/mol. The first kappa shape index (κ1) is 37.6. The summed E-state index contributed by atoms with van der Waals surface area (Å²) in [7, 11) is 0. The van der Waals surface area contributed by atoms with Gasteiger partial charge in [0, 0.05) is 13.0 Å². The number of hydrogen-bond acceptors (Lipinski definition) is 11. The van der Waals surface area contributed by atoms with E-state index in [1.165, 1.54) is 31.2 Å².